The molecule has 1 aliphatic heterocycles. The number of carbonyl (C=O) groups is 2. The van der Waals surface area contributed by atoms with Crippen LogP contribution in [0, 0.1) is 5.41 Å². The fraction of sp³-hybridized carbons (Fsp3) is 0.625. The lowest BCUT2D eigenvalue weighted by Gasteiger charge is -2.47. The molecule has 2 aliphatic rings. The molecule has 0 radical (unpaired) electrons. The highest BCUT2D eigenvalue weighted by Crippen LogP contribution is 2.56. The Morgan fingerprint density at radius 1 is 1.38 bits per heavy atom. The number of fused-ring (bicyclic) bond motifs is 2. The van der Waals surface area contributed by atoms with E-state index in [1.54, 1.807) is 26.0 Å². The van der Waals surface area contributed by atoms with Crippen LogP contribution >= 0.6 is 0 Å². The number of ketones is 1. The monoisotopic (exact) mass is 294 g/mol. The summed E-state index contributed by atoms with van der Waals surface area (Å²) in [6, 6.07) is 0. The highest BCUT2D eigenvalue weighted by Gasteiger charge is 2.67. The fourth-order valence-electron chi connectivity index (χ4n) is 3.34. The maximum atomic E-state index is 11.9. The molecule has 21 heavy (non-hydrogen) atoms. The molecule has 1 heterocycles. The first-order valence-corrected chi connectivity index (χ1v) is 6.99. The number of rotatable bonds is 3. The topological polar surface area (TPSA) is 72.8 Å². The molecular weight excluding hydrogens is 272 g/mol. The Kier molecular flexibility index (Phi) is 3.84. The highest BCUT2D eigenvalue weighted by molar-refractivity contribution is 5.83. The van der Waals surface area contributed by atoms with Crippen LogP contribution in [-0.2, 0) is 19.1 Å². The third-order valence-corrected chi connectivity index (χ3v) is 4.69. The molecular formula is C16H22O5. The second kappa shape index (κ2) is 5.07. The van der Waals surface area contributed by atoms with Crippen molar-refractivity contribution in [2.75, 3.05) is 13.7 Å². The Morgan fingerprint density at radius 3 is 2.62 bits per heavy atom. The number of hydrogen-bond donors (Lipinski definition) is 1. The van der Waals surface area contributed by atoms with E-state index in [1.165, 1.54) is 13.2 Å². The van der Waals surface area contributed by atoms with Crippen molar-refractivity contribution in [1.29, 1.82) is 0 Å². The second-order valence-electron chi connectivity index (χ2n) is 6.48. The predicted molar refractivity (Wildman–Crippen MR) is 76.6 cm³/mol. The molecule has 116 valence electrons. The number of carbonyl (C=O) groups excluding carboxylic acids is 2. The molecule has 0 spiro atoms. The first-order valence-electron chi connectivity index (χ1n) is 6.99. The van der Waals surface area contributed by atoms with Gasteiger partial charge in [0.15, 0.2) is 0 Å². The summed E-state index contributed by atoms with van der Waals surface area (Å²) in [6.07, 6.45) is 5.17. The molecule has 1 N–H and O–H groups in total. The maximum Gasteiger partial charge on any atom is 0.330 e. The first kappa shape index (κ1) is 15.9. The zero-order valence-electron chi connectivity index (χ0n) is 12.9. The summed E-state index contributed by atoms with van der Waals surface area (Å²) in [5.41, 5.74) is -2.13. The van der Waals surface area contributed by atoms with E-state index in [4.69, 9.17) is 4.74 Å². The summed E-state index contributed by atoms with van der Waals surface area (Å²) in [5.74, 6) is -0.336. The minimum absolute atomic E-state index is 0.109. The zero-order valence-corrected chi connectivity index (χ0v) is 12.9. The Morgan fingerprint density at radius 2 is 2.05 bits per heavy atom. The van der Waals surface area contributed by atoms with Gasteiger partial charge in [-0.05, 0) is 25.5 Å². The Hall–Kier alpha value is -1.46. The van der Waals surface area contributed by atoms with Gasteiger partial charge in [-0.25, -0.2) is 4.79 Å². The van der Waals surface area contributed by atoms with Crippen molar-refractivity contribution < 1.29 is 24.2 Å². The number of methoxy groups -OCH3 is 1. The van der Waals surface area contributed by atoms with Crippen molar-refractivity contribution in [3.63, 3.8) is 0 Å². The average Bonchev–Trinajstić information content (AvgIpc) is 2.51. The van der Waals surface area contributed by atoms with Crippen molar-refractivity contribution in [3.8, 4) is 0 Å². The normalized spacial score (nSPS) is 39.9. The van der Waals surface area contributed by atoms with Crippen LogP contribution < -0.4 is 0 Å². The van der Waals surface area contributed by atoms with Crippen LogP contribution in [0.3, 0.4) is 0 Å². The molecule has 2 bridgehead atoms. The fourth-order valence-corrected chi connectivity index (χ4v) is 3.34. The molecule has 0 amide bonds. The lowest BCUT2D eigenvalue weighted by Crippen LogP contribution is -2.60. The lowest BCUT2D eigenvalue weighted by atomic mass is 9.59. The van der Waals surface area contributed by atoms with Crippen LogP contribution in [0.4, 0.5) is 0 Å². The van der Waals surface area contributed by atoms with Crippen LogP contribution in [0.2, 0.25) is 0 Å². The number of ether oxygens (including phenoxy) is 2. The second-order valence-corrected chi connectivity index (χ2v) is 6.48. The minimum atomic E-state index is -1.24. The van der Waals surface area contributed by atoms with E-state index in [9.17, 15) is 14.7 Å². The largest absolute Gasteiger partial charge is 0.466 e. The molecule has 1 saturated carbocycles. The SMILES string of the molecule is COC(=O)/C=C(C)/C=C/C1(O)C2(C)COC1(C)CC(=O)C2. The van der Waals surface area contributed by atoms with E-state index in [2.05, 4.69) is 4.74 Å². The van der Waals surface area contributed by atoms with E-state index in [0.29, 0.717) is 18.6 Å². The summed E-state index contributed by atoms with van der Waals surface area (Å²) in [4.78, 5) is 23.1. The first-order chi connectivity index (χ1) is 9.66. The molecule has 0 aromatic carbocycles. The van der Waals surface area contributed by atoms with E-state index < -0.39 is 22.6 Å². The summed E-state index contributed by atoms with van der Waals surface area (Å²) < 4.78 is 10.3. The van der Waals surface area contributed by atoms with E-state index in [1.807, 2.05) is 6.92 Å². The van der Waals surface area contributed by atoms with E-state index in [-0.39, 0.29) is 12.2 Å². The van der Waals surface area contributed by atoms with Crippen molar-refractivity contribution >= 4 is 11.8 Å². The van der Waals surface area contributed by atoms with Gasteiger partial charge in [-0.15, -0.1) is 0 Å². The van der Waals surface area contributed by atoms with Gasteiger partial charge >= 0.3 is 5.97 Å². The molecule has 2 fully saturated rings. The number of Topliss-reactive ketones (excluding diaryl/α,β-unsaturated/α-hetero) is 1. The number of allylic oxidation sites excluding steroid dienone is 2. The van der Waals surface area contributed by atoms with E-state index >= 15 is 0 Å². The van der Waals surface area contributed by atoms with Gasteiger partial charge in [-0.2, -0.15) is 0 Å². The van der Waals surface area contributed by atoms with Gasteiger partial charge in [0.25, 0.3) is 0 Å². The molecule has 5 heteroatoms. The van der Waals surface area contributed by atoms with Crippen molar-refractivity contribution in [2.24, 2.45) is 5.41 Å². The summed E-state index contributed by atoms with van der Waals surface area (Å²) in [5, 5.41) is 11.1. The molecule has 1 aliphatic carbocycles. The molecule has 0 aromatic rings. The third kappa shape index (κ3) is 2.45. The van der Waals surface area contributed by atoms with Gasteiger partial charge in [0.2, 0.25) is 0 Å². The molecule has 3 unspecified atom stereocenters. The van der Waals surface area contributed by atoms with Crippen molar-refractivity contribution in [3.05, 3.63) is 23.8 Å². The van der Waals surface area contributed by atoms with Gasteiger partial charge in [0.05, 0.1) is 13.7 Å². The highest BCUT2D eigenvalue weighted by atomic mass is 16.5. The summed E-state index contributed by atoms with van der Waals surface area (Å²) >= 11 is 0. The molecule has 1 saturated heterocycles. The van der Waals surface area contributed by atoms with Gasteiger partial charge < -0.3 is 14.6 Å². The van der Waals surface area contributed by atoms with Crippen LogP contribution in [0.25, 0.3) is 0 Å². The molecule has 3 atom stereocenters. The Labute approximate surface area is 124 Å². The Bertz CT molecular complexity index is 511. The van der Waals surface area contributed by atoms with Crippen LogP contribution in [0.1, 0.15) is 33.6 Å². The standard InChI is InChI=1S/C16H22O5/c1-11(7-13(18)20-4)5-6-16(19)14(2)8-12(17)9-15(16,3)21-10-14/h5-7,19H,8-10H2,1-4H3/b6-5+,11-7+. The molecule has 5 nitrogen and oxygen atoms in total. The van der Waals surface area contributed by atoms with Crippen LogP contribution in [0.15, 0.2) is 23.8 Å². The minimum Gasteiger partial charge on any atom is -0.466 e. The van der Waals surface area contributed by atoms with Gasteiger partial charge in [0, 0.05) is 24.3 Å². The molecule has 2 rings (SSSR count). The van der Waals surface area contributed by atoms with Gasteiger partial charge in [-0.1, -0.05) is 13.0 Å². The van der Waals surface area contributed by atoms with Crippen molar-refractivity contribution in [2.45, 2.75) is 44.8 Å². The van der Waals surface area contributed by atoms with Gasteiger partial charge in [-0.3, -0.25) is 4.79 Å². The third-order valence-electron chi connectivity index (χ3n) is 4.69. The van der Waals surface area contributed by atoms with Crippen molar-refractivity contribution in [1.82, 2.24) is 0 Å². The average molecular weight is 294 g/mol. The van der Waals surface area contributed by atoms with Gasteiger partial charge in [0.1, 0.15) is 17.0 Å². The zero-order chi connectivity index (χ0) is 15.9. The smallest absolute Gasteiger partial charge is 0.330 e. The maximum absolute atomic E-state index is 11.9. The van der Waals surface area contributed by atoms with Crippen LogP contribution in [0.5, 0.6) is 0 Å². The number of hydrogen-bond acceptors (Lipinski definition) is 5. The van der Waals surface area contributed by atoms with E-state index in [0.717, 1.165) is 0 Å². The molecule has 0 aromatic heterocycles. The van der Waals surface area contributed by atoms with Crippen LogP contribution in [-0.4, -0.2) is 41.8 Å². The Balaban J connectivity index is 2.32. The quantitative estimate of drug-likeness (QED) is 0.486. The summed E-state index contributed by atoms with van der Waals surface area (Å²) in [7, 11) is 1.31. The lowest BCUT2D eigenvalue weighted by molar-refractivity contribution is -0.151. The number of aliphatic hydroxyl groups is 1. The number of esters is 1. The summed E-state index contributed by atoms with van der Waals surface area (Å²) in [6.45, 7) is 5.71. The predicted octanol–water partition coefficient (Wildman–Crippen LogP) is 1.55.